The molecule has 0 aliphatic heterocycles. The van der Waals surface area contributed by atoms with E-state index in [0.717, 1.165) is 15.2 Å². The van der Waals surface area contributed by atoms with E-state index in [9.17, 15) is 4.79 Å². The number of hydrogen-bond donors (Lipinski definition) is 0. The van der Waals surface area contributed by atoms with E-state index in [1.807, 2.05) is 54.6 Å². The van der Waals surface area contributed by atoms with E-state index >= 15 is 0 Å². The summed E-state index contributed by atoms with van der Waals surface area (Å²) in [6.45, 7) is 0. The van der Waals surface area contributed by atoms with Crippen molar-refractivity contribution in [3.63, 3.8) is 0 Å². The van der Waals surface area contributed by atoms with E-state index in [0.29, 0.717) is 24.8 Å². The SMILES string of the molecule is O=C(CCC(CC(Cl)(Cl)Cl)c1nc2ccccc2s1)c1ccccc1. The smallest absolute Gasteiger partial charge is 0.191 e. The van der Waals surface area contributed by atoms with Gasteiger partial charge in [-0.25, -0.2) is 4.98 Å². The minimum absolute atomic E-state index is 0.0717. The zero-order valence-electron chi connectivity index (χ0n) is 13.3. The number of fused-ring (bicyclic) bond motifs is 1. The first kappa shape index (κ1) is 18.7. The maximum absolute atomic E-state index is 12.4. The number of benzene rings is 2. The molecule has 6 heteroatoms. The van der Waals surface area contributed by atoms with E-state index in [2.05, 4.69) is 4.98 Å². The highest BCUT2D eigenvalue weighted by Gasteiger charge is 2.29. The zero-order valence-corrected chi connectivity index (χ0v) is 16.4. The summed E-state index contributed by atoms with van der Waals surface area (Å²) in [7, 11) is 0. The first-order valence-electron chi connectivity index (χ1n) is 7.93. The molecule has 0 saturated carbocycles. The molecule has 0 bridgehead atoms. The molecule has 1 unspecified atom stereocenters. The maximum Gasteiger partial charge on any atom is 0.191 e. The molecular weight excluding hydrogens is 397 g/mol. The fourth-order valence-electron chi connectivity index (χ4n) is 2.73. The number of aromatic nitrogens is 1. The summed E-state index contributed by atoms with van der Waals surface area (Å²) in [5, 5.41) is 0.911. The van der Waals surface area contributed by atoms with Gasteiger partial charge in [-0.05, 0) is 18.6 Å². The molecule has 1 atom stereocenters. The van der Waals surface area contributed by atoms with Crippen molar-refractivity contribution in [1.82, 2.24) is 4.98 Å². The Labute approximate surface area is 165 Å². The van der Waals surface area contributed by atoms with E-state index in [-0.39, 0.29) is 11.7 Å². The molecule has 0 N–H and O–H groups in total. The molecular formula is C19H16Cl3NOS. The van der Waals surface area contributed by atoms with E-state index < -0.39 is 3.79 Å². The van der Waals surface area contributed by atoms with Crippen molar-refractivity contribution in [2.24, 2.45) is 0 Å². The lowest BCUT2D eigenvalue weighted by atomic mass is 9.97. The third kappa shape index (κ3) is 5.18. The Morgan fingerprint density at radius 1 is 1.04 bits per heavy atom. The molecule has 0 spiro atoms. The predicted molar refractivity (Wildman–Crippen MR) is 107 cm³/mol. The monoisotopic (exact) mass is 411 g/mol. The molecule has 0 aliphatic rings. The van der Waals surface area contributed by atoms with E-state index in [1.165, 1.54) is 0 Å². The lowest BCUT2D eigenvalue weighted by molar-refractivity contribution is 0.0977. The lowest BCUT2D eigenvalue weighted by Crippen LogP contribution is -2.12. The molecule has 1 heterocycles. The van der Waals surface area contributed by atoms with Gasteiger partial charge in [-0.15, -0.1) is 11.3 Å². The maximum atomic E-state index is 12.4. The van der Waals surface area contributed by atoms with Crippen molar-refractivity contribution in [2.75, 3.05) is 0 Å². The number of hydrogen-bond acceptors (Lipinski definition) is 3. The largest absolute Gasteiger partial charge is 0.294 e. The number of carbonyl (C=O) groups excluding carboxylic acids is 1. The van der Waals surface area contributed by atoms with Crippen molar-refractivity contribution in [1.29, 1.82) is 0 Å². The van der Waals surface area contributed by atoms with Crippen LogP contribution in [0, 0.1) is 0 Å². The molecule has 130 valence electrons. The van der Waals surface area contributed by atoms with Gasteiger partial charge in [0.25, 0.3) is 0 Å². The van der Waals surface area contributed by atoms with E-state index in [4.69, 9.17) is 34.8 Å². The number of nitrogens with zero attached hydrogens (tertiary/aromatic N) is 1. The molecule has 0 amide bonds. The lowest BCUT2D eigenvalue weighted by Gasteiger charge is -2.19. The van der Waals surface area contributed by atoms with Gasteiger partial charge in [-0.2, -0.15) is 0 Å². The van der Waals surface area contributed by atoms with E-state index in [1.54, 1.807) is 11.3 Å². The van der Waals surface area contributed by atoms with Crippen LogP contribution in [0.2, 0.25) is 0 Å². The fraction of sp³-hybridized carbons (Fsp3) is 0.263. The number of rotatable bonds is 6. The summed E-state index contributed by atoms with van der Waals surface area (Å²) < 4.78 is -0.278. The van der Waals surface area contributed by atoms with Crippen LogP contribution in [0.4, 0.5) is 0 Å². The van der Waals surface area contributed by atoms with Crippen LogP contribution in [0.1, 0.15) is 40.5 Å². The first-order chi connectivity index (χ1) is 11.9. The third-order valence-corrected chi connectivity index (χ3v) is 5.61. The molecule has 3 rings (SSSR count). The average Bonchev–Trinajstić information content (AvgIpc) is 3.02. The van der Waals surface area contributed by atoms with Gasteiger partial charge in [0, 0.05) is 24.3 Å². The average molecular weight is 413 g/mol. The molecule has 2 aromatic carbocycles. The molecule has 25 heavy (non-hydrogen) atoms. The number of halogens is 3. The second-order valence-electron chi connectivity index (χ2n) is 5.86. The summed E-state index contributed by atoms with van der Waals surface area (Å²) in [6.07, 6.45) is 1.33. The highest BCUT2D eigenvalue weighted by atomic mass is 35.6. The Bertz CT molecular complexity index is 825. The van der Waals surface area contributed by atoms with Crippen LogP contribution < -0.4 is 0 Å². The number of para-hydroxylation sites is 1. The van der Waals surface area contributed by atoms with Crippen LogP contribution in [-0.4, -0.2) is 14.6 Å². The van der Waals surface area contributed by atoms with Crippen molar-refractivity contribution in [2.45, 2.75) is 29.0 Å². The summed E-state index contributed by atoms with van der Waals surface area (Å²) >= 11 is 19.7. The number of alkyl halides is 3. The van der Waals surface area contributed by atoms with Crippen molar-refractivity contribution in [3.05, 3.63) is 65.2 Å². The highest BCUT2D eigenvalue weighted by Crippen LogP contribution is 2.41. The molecule has 1 aromatic heterocycles. The molecule has 0 fully saturated rings. The standard InChI is InChI=1S/C19H16Cl3NOS/c20-19(21,22)12-14(10-11-16(24)13-6-2-1-3-7-13)18-23-15-8-4-5-9-17(15)25-18/h1-9,14H,10-12H2. The number of carbonyl (C=O) groups is 1. The van der Waals surface area contributed by atoms with Crippen LogP contribution in [0.5, 0.6) is 0 Å². The number of ketones is 1. The van der Waals surface area contributed by atoms with Gasteiger partial charge in [0.1, 0.15) is 0 Å². The first-order valence-corrected chi connectivity index (χ1v) is 9.88. The number of Topliss-reactive ketones (excluding diaryl/α,β-unsaturated/α-hetero) is 1. The second kappa shape index (κ2) is 8.05. The van der Waals surface area contributed by atoms with Gasteiger partial charge in [0.15, 0.2) is 9.58 Å². The van der Waals surface area contributed by atoms with Gasteiger partial charge >= 0.3 is 0 Å². The van der Waals surface area contributed by atoms with Crippen LogP contribution in [0.15, 0.2) is 54.6 Å². The highest BCUT2D eigenvalue weighted by molar-refractivity contribution is 7.18. The summed E-state index contributed by atoms with van der Waals surface area (Å²) in [5.41, 5.74) is 1.64. The molecule has 2 nitrogen and oxygen atoms in total. The van der Waals surface area contributed by atoms with Crippen LogP contribution in [0.3, 0.4) is 0 Å². The second-order valence-corrected chi connectivity index (χ2v) is 9.44. The normalized spacial score (nSPS) is 13.1. The topological polar surface area (TPSA) is 30.0 Å². The summed E-state index contributed by atoms with van der Waals surface area (Å²) in [4.78, 5) is 17.1. The summed E-state index contributed by atoms with van der Waals surface area (Å²) in [5.74, 6) is 0.0218. The van der Waals surface area contributed by atoms with Gasteiger partial charge < -0.3 is 0 Å². The molecule has 0 radical (unpaired) electrons. The van der Waals surface area contributed by atoms with Crippen LogP contribution in [0.25, 0.3) is 10.2 Å². The number of thiazole rings is 1. The van der Waals surface area contributed by atoms with Crippen molar-refractivity contribution >= 4 is 62.1 Å². The Hall–Kier alpha value is -1.13. The van der Waals surface area contributed by atoms with Gasteiger partial charge in [-0.3, -0.25) is 4.79 Å². The Kier molecular flexibility index (Phi) is 6.00. The van der Waals surface area contributed by atoms with Crippen LogP contribution >= 0.6 is 46.1 Å². The minimum Gasteiger partial charge on any atom is -0.294 e. The zero-order chi connectivity index (χ0) is 17.9. The van der Waals surface area contributed by atoms with Gasteiger partial charge in [0.2, 0.25) is 0 Å². The molecule has 0 aliphatic carbocycles. The van der Waals surface area contributed by atoms with Crippen molar-refractivity contribution < 1.29 is 4.79 Å². The van der Waals surface area contributed by atoms with Crippen molar-refractivity contribution in [3.8, 4) is 0 Å². The minimum atomic E-state index is -1.38. The fourth-order valence-corrected chi connectivity index (χ4v) is 4.39. The molecule has 0 saturated heterocycles. The van der Waals surface area contributed by atoms with Gasteiger partial charge in [0.05, 0.1) is 15.2 Å². The van der Waals surface area contributed by atoms with Crippen LogP contribution in [-0.2, 0) is 0 Å². The Balaban J connectivity index is 1.78. The summed E-state index contributed by atoms with van der Waals surface area (Å²) in [6, 6.07) is 17.2. The quantitative estimate of drug-likeness (QED) is 0.329. The Morgan fingerprint density at radius 2 is 1.72 bits per heavy atom. The predicted octanol–water partition coefficient (Wildman–Crippen LogP) is 6.80. The Morgan fingerprint density at radius 3 is 2.40 bits per heavy atom. The third-order valence-electron chi connectivity index (χ3n) is 3.95. The van der Waals surface area contributed by atoms with Gasteiger partial charge in [-0.1, -0.05) is 77.3 Å². The molecule has 3 aromatic rings.